The van der Waals surface area contributed by atoms with Gasteiger partial charge >= 0.3 is 0 Å². The molecule has 3 heterocycles. The lowest BCUT2D eigenvalue weighted by atomic mass is 10.2. The minimum Gasteiger partial charge on any atom is -0.345 e. The SMILES string of the molecule is O=C(Cn1cnc2ccccc2c1=O)NCc1nc(-c2cccs2)no1. The lowest BCUT2D eigenvalue weighted by Crippen LogP contribution is -2.32. The first kappa shape index (κ1) is 16.2. The second-order valence-electron chi connectivity index (χ2n) is 5.46. The summed E-state index contributed by atoms with van der Waals surface area (Å²) >= 11 is 1.50. The molecule has 4 rings (SSSR count). The number of hydrogen-bond donors (Lipinski definition) is 1. The van der Waals surface area contributed by atoms with Crippen LogP contribution in [-0.2, 0) is 17.9 Å². The molecule has 0 radical (unpaired) electrons. The lowest BCUT2D eigenvalue weighted by Gasteiger charge is -2.06. The van der Waals surface area contributed by atoms with E-state index < -0.39 is 0 Å². The monoisotopic (exact) mass is 367 g/mol. The van der Waals surface area contributed by atoms with Crippen LogP contribution in [0.3, 0.4) is 0 Å². The molecule has 8 nitrogen and oxygen atoms in total. The Morgan fingerprint density at radius 1 is 1.23 bits per heavy atom. The summed E-state index contributed by atoms with van der Waals surface area (Å²) in [5, 5.41) is 8.93. The highest BCUT2D eigenvalue weighted by atomic mass is 32.1. The Morgan fingerprint density at radius 3 is 2.96 bits per heavy atom. The smallest absolute Gasteiger partial charge is 0.261 e. The number of carbonyl (C=O) groups is 1. The molecule has 0 aliphatic heterocycles. The highest BCUT2D eigenvalue weighted by Crippen LogP contribution is 2.21. The molecule has 0 spiro atoms. The second-order valence-corrected chi connectivity index (χ2v) is 6.41. The summed E-state index contributed by atoms with van der Waals surface area (Å²) in [6, 6.07) is 10.8. The number of fused-ring (bicyclic) bond motifs is 1. The molecule has 9 heteroatoms. The van der Waals surface area contributed by atoms with E-state index in [1.54, 1.807) is 24.3 Å². The Labute approximate surface area is 151 Å². The summed E-state index contributed by atoms with van der Waals surface area (Å²) in [5.41, 5.74) is 0.338. The van der Waals surface area contributed by atoms with Crippen molar-refractivity contribution in [1.29, 1.82) is 0 Å². The van der Waals surface area contributed by atoms with Crippen molar-refractivity contribution in [3.05, 3.63) is 64.4 Å². The molecular formula is C17H13N5O3S. The third-order valence-corrected chi connectivity index (χ3v) is 4.56. The summed E-state index contributed by atoms with van der Waals surface area (Å²) in [5.74, 6) is 0.435. The van der Waals surface area contributed by atoms with Crippen LogP contribution in [0.25, 0.3) is 21.6 Å². The minimum absolute atomic E-state index is 0.0902. The third-order valence-electron chi connectivity index (χ3n) is 3.69. The summed E-state index contributed by atoms with van der Waals surface area (Å²) in [4.78, 5) is 33.8. The van der Waals surface area contributed by atoms with E-state index >= 15 is 0 Å². The van der Waals surface area contributed by atoms with Gasteiger partial charge in [-0.05, 0) is 23.6 Å². The maximum Gasteiger partial charge on any atom is 0.261 e. The maximum atomic E-state index is 12.4. The predicted octanol–water partition coefficient (Wildman–Crippen LogP) is 1.82. The third kappa shape index (κ3) is 3.24. The Kier molecular flexibility index (Phi) is 4.28. The van der Waals surface area contributed by atoms with Gasteiger partial charge in [0.15, 0.2) is 0 Å². The van der Waals surface area contributed by atoms with E-state index in [9.17, 15) is 9.59 Å². The molecule has 1 N–H and O–H groups in total. The molecule has 0 aliphatic rings. The fourth-order valence-electron chi connectivity index (χ4n) is 2.44. The van der Waals surface area contributed by atoms with E-state index in [2.05, 4.69) is 20.4 Å². The number of carbonyl (C=O) groups excluding carboxylic acids is 1. The first-order valence-electron chi connectivity index (χ1n) is 7.78. The zero-order valence-corrected chi connectivity index (χ0v) is 14.3. The number of nitrogens with zero attached hydrogens (tertiary/aromatic N) is 4. The second kappa shape index (κ2) is 6.89. The maximum absolute atomic E-state index is 12.4. The Balaban J connectivity index is 1.42. The molecule has 1 aromatic carbocycles. The number of thiophene rings is 1. The number of benzene rings is 1. The number of para-hydroxylation sites is 1. The van der Waals surface area contributed by atoms with E-state index in [0.717, 1.165) is 4.88 Å². The average molecular weight is 367 g/mol. The normalized spacial score (nSPS) is 10.9. The Hall–Kier alpha value is -3.33. The van der Waals surface area contributed by atoms with Crippen LogP contribution in [0.2, 0.25) is 0 Å². The first-order chi connectivity index (χ1) is 12.7. The molecule has 130 valence electrons. The molecule has 0 saturated heterocycles. The molecule has 4 aromatic rings. The molecule has 1 amide bonds. The Bertz CT molecular complexity index is 1120. The van der Waals surface area contributed by atoms with Crippen LogP contribution in [0.1, 0.15) is 5.89 Å². The van der Waals surface area contributed by atoms with Crippen LogP contribution in [0.4, 0.5) is 0 Å². The van der Waals surface area contributed by atoms with Crippen molar-refractivity contribution in [1.82, 2.24) is 25.0 Å². The van der Waals surface area contributed by atoms with Crippen molar-refractivity contribution >= 4 is 28.1 Å². The largest absolute Gasteiger partial charge is 0.345 e. The van der Waals surface area contributed by atoms with Gasteiger partial charge in [-0.1, -0.05) is 23.4 Å². The summed E-state index contributed by atoms with van der Waals surface area (Å²) in [6.45, 7) is -0.0461. The summed E-state index contributed by atoms with van der Waals surface area (Å²) < 4.78 is 6.39. The highest BCUT2D eigenvalue weighted by Gasteiger charge is 2.12. The number of rotatable bonds is 5. The number of hydrogen-bond acceptors (Lipinski definition) is 7. The molecule has 0 bridgehead atoms. The van der Waals surface area contributed by atoms with Crippen molar-refractivity contribution in [3.63, 3.8) is 0 Å². The van der Waals surface area contributed by atoms with Gasteiger partial charge in [0.25, 0.3) is 5.56 Å². The molecule has 0 atom stereocenters. The van der Waals surface area contributed by atoms with Crippen LogP contribution in [0.5, 0.6) is 0 Å². The number of nitrogens with one attached hydrogen (secondary N) is 1. The van der Waals surface area contributed by atoms with Gasteiger partial charge in [0.1, 0.15) is 6.54 Å². The van der Waals surface area contributed by atoms with Crippen molar-refractivity contribution in [2.75, 3.05) is 0 Å². The molecule has 0 saturated carbocycles. The Morgan fingerprint density at radius 2 is 2.12 bits per heavy atom. The molecule has 0 unspecified atom stereocenters. The topological polar surface area (TPSA) is 103 Å². The minimum atomic E-state index is -0.347. The van der Waals surface area contributed by atoms with Gasteiger partial charge in [-0.2, -0.15) is 4.98 Å². The number of amides is 1. The van der Waals surface area contributed by atoms with Crippen LogP contribution < -0.4 is 10.9 Å². The van der Waals surface area contributed by atoms with Crippen LogP contribution >= 0.6 is 11.3 Å². The van der Waals surface area contributed by atoms with E-state index in [-0.39, 0.29) is 24.6 Å². The first-order valence-corrected chi connectivity index (χ1v) is 8.66. The fourth-order valence-corrected chi connectivity index (χ4v) is 3.09. The zero-order valence-electron chi connectivity index (χ0n) is 13.5. The predicted molar refractivity (Wildman–Crippen MR) is 95.5 cm³/mol. The lowest BCUT2D eigenvalue weighted by molar-refractivity contribution is -0.122. The molecule has 0 fully saturated rings. The van der Waals surface area contributed by atoms with Gasteiger partial charge in [0.05, 0.1) is 28.7 Å². The van der Waals surface area contributed by atoms with Gasteiger partial charge in [-0.3, -0.25) is 14.2 Å². The molecule has 0 aliphatic carbocycles. The van der Waals surface area contributed by atoms with Crippen LogP contribution in [0.15, 0.2) is 57.4 Å². The molecular weight excluding hydrogens is 354 g/mol. The van der Waals surface area contributed by atoms with E-state index in [4.69, 9.17) is 4.52 Å². The summed E-state index contributed by atoms with van der Waals surface area (Å²) in [6.07, 6.45) is 1.37. The van der Waals surface area contributed by atoms with Gasteiger partial charge in [0, 0.05) is 0 Å². The fraction of sp³-hybridized carbons (Fsp3) is 0.118. The van der Waals surface area contributed by atoms with Crippen molar-refractivity contribution in [2.45, 2.75) is 13.1 Å². The van der Waals surface area contributed by atoms with Crippen LogP contribution in [-0.4, -0.2) is 25.6 Å². The van der Waals surface area contributed by atoms with Crippen molar-refractivity contribution < 1.29 is 9.32 Å². The van der Waals surface area contributed by atoms with Gasteiger partial charge in [-0.25, -0.2) is 4.98 Å². The van der Waals surface area contributed by atoms with Gasteiger partial charge in [0.2, 0.25) is 17.6 Å². The van der Waals surface area contributed by atoms with Crippen molar-refractivity contribution in [3.8, 4) is 10.7 Å². The van der Waals surface area contributed by atoms with Gasteiger partial charge in [-0.15, -0.1) is 11.3 Å². The molecule has 3 aromatic heterocycles. The van der Waals surface area contributed by atoms with Gasteiger partial charge < -0.3 is 9.84 Å². The zero-order chi connectivity index (χ0) is 17.9. The summed E-state index contributed by atoms with van der Waals surface area (Å²) in [7, 11) is 0. The van der Waals surface area contributed by atoms with Crippen LogP contribution in [0, 0.1) is 0 Å². The average Bonchev–Trinajstić information content (AvgIpc) is 3.34. The van der Waals surface area contributed by atoms with Crippen molar-refractivity contribution in [2.24, 2.45) is 0 Å². The van der Waals surface area contributed by atoms with E-state index in [0.29, 0.717) is 22.6 Å². The van der Waals surface area contributed by atoms with E-state index in [1.807, 2.05) is 17.5 Å². The van der Waals surface area contributed by atoms with E-state index in [1.165, 1.54) is 22.2 Å². The quantitative estimate of drug-likeness (QED) is 0.577. The highest BCUT2D eigenvalue weighted by molar-refractivity contribution is 7.13. The number of aromatic nitrogens is 4. The molecule has 26 heavy (non-hydrogen) atoms. The standard InChI is InChI=1S/C17H13N5O3S/c23-14(9-22-10-19-12-5-2-1-4-11(12)17(22)24)18-8-15-20-16(21-25-15)13-6-3-7-26-13/h1-7,10H,8-9H2,(H,18,23).